The summed E-state index contributed by atoms with van der Waals surface area (Å²) in [6.07, 6.45) is 3.50. The van der Waals surface area contributed by atoms with E-state index in [0.717, 1.165) is 84.7 Å². The van der Waals surface area contributed by atoms with Gasteiger partial charge in [0.2, 0.25) is 5.62 Å². The van der Waals surface area contributed by atoms with E-state index in [9.17, 15) is 10.1 Å². The van der Waals surface area contributed by atoms with Crippen LogP contribution < -0.4 is 15.7 Å². The fourth-order valence-electron chi connectivity index (χ4n) is 5.98. The van der Waals surface area contributed by atoms with Crippen LogP contribution in [0.3, 0.4) is 0 Å². The van der Waals surface area contributed by atoms with Crippen LogP contribution in [0.2, 0.25) is 0 Å². The van der Waals surface area contributed by atoms with Gasteiger partial charge < -0.3 is 28.8 Å². The summed E-state index contributed by atoms with van der Waals surface area (Å²) < 4.78 is 16.2. The Kier molecular flexibility index (Phi) is 11.6. The summed E-state index contributed by atoms with van der Waals surface area (Å²) in [5, 5.41) is 12.2. The topological polar surface area (TPSA) is 110 Å². The summed E-state index contributed by atoms with van der Waals surface area (Å²) in [4.78, 5) is 24.9. The third kappa shape index (κ3) is 9.26. The summed E-state index contributed by atoms with van der Waals surface area (Å²) in [5.74, 6) is 0.810. The molecule has 0 atom stereocenters. The lowest BCUT2D eigenvalue weighted by Gasteiger charge is -2.30. The van der Waals surface area contributed by atoms with Gasteiger partial charge in [0, 0.05) is 31.9 Å². The minimum Gasteiger partial charge on any atom is -0.492 e. The van der Waals surface area contributed by atoms with Crippen LogP contribution in [0.25, 0.3) is 11.0 Å². The molecule has 0 radical (unpaired) electrons. The Bertz CT molecular complexity index is 1790. The summed E-state index contributed by atoms with van der Waals surface area (Å²) in [6.45, 7) is 14.7. The quantitative estimate of drug-likeness (QED) is 0.183. The van der Waals surface area contributed by atoms with E-state index >= 15 is 0 Å². The molecule has 2 aromatic carbocycles. The van der Waals surface area contributed by atoms with Crippen molar-refractivity contribution in [3.8, 4) is 11.8 Å². The zero-order valence-electron chi connectivity index (χ0n) is 29.0. The molecule has 5 rings (SSSR count). The molecule has 4 aromatic rings. The van der Waals surface area contributed by atoms with Gasteiger partial charge in [-0.15, -0.1) is 0 Å². The molecule has 3 heterocycles. The van der Waals surface area contributed by atoms with Crippen LogP contribution in [-0.2, 0) is 17.8 Å². The molecule has 10 heteroatoms. The van der Waals surface area contributed by atoms with E-state index in [0.29, 0.717) is 31.8 Å². The van der Waals surface area contributed by atoms with Gasteiger partial charge in [-0.25, -0.2) is 9.79 Å². The van der Waals surface area contributed by atoms with Crippen molar-refractivity contribution < 1.29 is 14.3 Å². The smallest absolute Gasteiger partial charge is 0.407 e. The molecule has 1 saturated heterocycles. The number of rotatable bonds is 12. The maximum absolute atomic E-state index is 12.1. The first kappa shape index (κ1) is 34.7. The van der Waals surface area contributed by atoms with E-state index in [2.05, 4.69) is 56.6 Å². The number of ether oxygens (including phenoxy) is 2. The number of aryl methyl sites for hydroxylation is 1. The van der Waals surface area contributed by atoms with Crippen molar-refractivity contribution in [3.05, 3.63) is 88.8 Å². The lowest BCUT2D eigenvalue weighted by molar-refractivity contribution is 0.0520. The number of fused-ring (bicyclic) bond motifs is 1. The SMILES string of the molecule is CCCCOc1ccc(C)nc1Cn1c(=NC2CCN(CCNC(=O)OC(C)(C)C)CC2)n(Cc2ccc(C#N)cc2)c2ccccc21. The van der Waals surface area contributed by atoms with Crippen molar-refractivity contribution in [3.63, 3.8) is 0 Å². The number of piperidine rings is 1. The normalized spacial score (nSPS) is 14.6. The number of nitrogens with one attached hydrogen (secondary N) is 1. The van der Waals surface area contributed by atoms with Crippen molar-refractivity contribution in [1.29, 1.82) is 5.26 Å². The van der Waals surface area contributed by atoms with Gasteiger partial charge in [0.25, 0.3) is 0 Å². The number of imidazole rings is 1. The Morgan fingerprint density at radius 3 is 2.35 bits per heavy atom. The number of nitrogens with zero attached hydrogens (tertiary/aromatic N) is 6. The number of carbonyl (C=O) groups is 1. The first-order valence-corrected chi connectivity index (χ1v) is 17.1. The van der Waals surface area contributed by atoms with Gasteiger partial charge in [-0.2, -0.15) is 5.26 Å². The number of unbranched alkanes of at least 4 members (excludes halogenated alkanes) is 1. The molecule has 0 spiro atoms. The number of hydrogen-bond donors (Lipinski definition) is 1. The van der Waals surface area contributed by atoms with Crippen molar-refractivity contribution in [2.75, 3.05) is 32.8 Å². The number of para-hydroxylation sites is 2. The fraction of sp³-hybridized carbons (Fsp3) is 0.474. The highest BCUT2D eigenvalue weighted by Gasteiger charge is 2.22. The molecule has 1 aliphatic rings. The minimum atomic E-state index is -0.512. The number of pyridine rings is 1. The number of amides is 1. The second kappa shape index (κ2) is 16.0. The van der Waals surface area contributed by atoms with Crippen LogP contribution in [0.1, 0.15) is 75.9 Å². The number of aromatic nitrogens is 3. The molecule has 48 heavy (non-hydrogen) atoms. The van der Waals surface area contributed by atoms with Crippen LogP contribution in [0.4, 0.5) is 4.79 Å². The molecule has 1 N–H and O–H groups in total. The zero-order chi connectivity index (χ0) is 34.1. The monoisotopic (exact) mass is 651 g/mol. The van der Waals surface area contributed by atoms with Crippen molar-refractivity contribution in [2.45, 2.75) is 85.0 Å². The molecule has 0 bridgehead atoms. The van der Waals surface area contributed by atoms with Crippen LogP contribution in [0.15, 0.2) is 65.7 Å². The van der Waals surface area contributed by atoms with Gasteiger partial charge in [0.15, 0.2) is 0 Å². The third-order valence-corrected chi connectivity index (χ3v) is 8.46. The second-order valence-electron chi connectivity index (χ2n) is 13.5. The van der Waals surface area contributed by atoms with Gasteiger partial charge in [-0.1, -0.05) is 37.6 Å². The average Bonchev–Trinajstić information content (AvgIpc) is 3.33. The van der Waals surface area contributed by atoms with E-state index in [1.54, 1.807) is 0 Å². The van der Waals surface area contributed by atoms with Crippen LogP contribution in [-0.4, -0.2) is 69.5 Å². The predicted octanol–water partition coefficient (Wildman–Crippen LogP) is 6.18. The van der Waals surface area contributed by atoms with Gasteiger partial charge in [0.05, 0.1) is 48.4 Å². The Labute approximate surface area is 284 Å². The molecule has 1 fully saturated rings. The molecular weight excluding hydrogens is 602 g/mol. The van der Waals surface area contributed by atoms with Gasteiger partial charge in [-0.3, -0.25) is 4.98 Å². The van der Waals surface area contributed by atoms with E-state index < -0.39 is 5.60 Å². The van der Waals surface area contributed by atoms with E-state index in [-0.39, 0.29) is 12.1 Å². The number of carbonyl (C=O) groups excluding carboxylic acids is 1. The Hall–Kier alpha value is -4.62. The number of benzene rings is 2. The first-order chi connectivity index (χ1) is 23.1. The molecule has 0 saturated carbocycles. The fourth-order valence-corrected chi connectivity index (χ4v) is 5.98. The van der Waals surface area contributed by atoms with E-state index in [4.69, 9.17) is 19.5 Å². The summed E-state index contributed by atoms with van der Waals surface area (Å²) in [7, 11) is 0. The third-order valence-electron chi connectivity index (χ3n) is 8.46. The van der Waals surface area contributed by atoms with Gasteiger partial charge in [0.1, 0.15) is 17.0 Å². The van der Waals surface area contributed by atoms with Gasteiger partial charge >= 0.3 is 6.09 Å². The number of likely N-dealkylation sites (tertiary alicyclic amines) is 1. The van der Waals surface area contributed by atoms with Crippen molar-refractivity contribution in [2.24, 2.45) is 4.99 Å². The van der Waals surface area contributed by atoms with E-state index in [1.165, 1.54) is 0 Å². The molecule has 2 aromatic heterocycles. The Morgan fingerprint density at radius 2 is 1.71 bits per heavy atom. The summed E-state index contributed by atoms with van der Waals surface area (Å²) >= 11 is 0. The standard InChI is InChI=1S/C38H49N7O3/c1-6-7-24-47-35-17-12-28(2)41-32(35)27-45-34-11-9-8-10-33(34)44(26-30-15-13-29(25-39)14-16-30)36(45)42-31-18-21-43(22-19-31)23-20-40-37(46)48-38(3,4)5/h8-17,31H,6-7,18-24,26-27H2,1-5H3,(H,40,46). The molecule has 254 valence electrons. The van der Waals surface area contributed by atoms with Gasteiger partial charge in [-0.05, 0) is 88.9 Å². The van der Waals surface area contributed by atoms with Crippen molar-refractivity contribution >= 4 is 17.1 Å². The molecule has 10 nitrogen and oxygen atoms in total. The highest BCUT2D eigenvalue weighted by Crippen LogP contribution is 2.23. The summed E-state index contributed by atoms with van der Waals surface area (Å²) in [6, 6.07) is 22.6. The van der Waals surface area contributed by atoms with Crippen LogP contribution in [0.5, 0.6) is 5.75 Å². The Morgan fingerprint density at radius 1 is 1.02 bits per heavy atom. The highest BCUT2D eigenvalue weighted by molar-refractivity contribution is 5.76. The number of alkyl carbamates (subject to hydrolysis) is 1. The minimum absolute atomic E-state index is 0.140. The second-order valence-corrected chi connectivity index (χ2v) is 13.5. The molecule has 1 amide bonds. The number of hydrogen-bond acceptors (Lipinski definition) is 7. The maximum Gasteiger partial charge on any atom is 0.407 e. The largest absolute Gasteiger partial charge is 0.492 e. The van der Waals surface area contributed by atoms with Crippen molar-refractivity contribution in [1.82, 2.24) is 24.3 Å². The molecule has 0 unspecified atom stereocenters. The molecule has 0 aliphatic carbocycles. The highest BCUT2D eigenvalue weighted by atomic mass is 16.6. The zero-order valence-corrected chi connectivity index (χ0v) is 29.0. The summed E-state index contributed by atoms with van der Waals surface area (Å²) in [5.41, 5.74) is 6.14. The predicted molar refractivity (Wildman–Crippen MR) is 188 cm³/mol. The lowest BCUT2D eigenvalue weighted by Crippen LogP contribution is -2.42. The average molecular weight is 652 g/mol. The Balaban J connectivity index is 1.45. The van der Waals surface area contributed by atoms with Crippen LogP contribution >= 0.6 is 0 Å². The maximum atomic E-state index is 12.1. The molecule has 1 aliphatic heterocycles. The number of nitriles is 1. The lowest BCUT2D eigenvalue weighted by atomic mass is 10.1. The molecular formula is C38H49N7O3. The first-order valence-electron chi connectivity index (χ1n) is 17.1. The van der Waals surface area contributed by atoms with Crippen LogP contribution in [0, 0.1) is 18.3 Å². The van der Waals surface area contributed by atoms with E-state index in [1.807, 2.05) is 64.1 Å².